The SMILES string of the molecule is CN(CCCNc1ncc(CCc2ccccc2)c(=O)[nH]1)c1ccccn1. The molecule has 0 unspecified atom stereocenters. The van der Waals surface area contributed by atoms with Crippen LogP contribution in [0.3, 0.4) is 0 Å². The number of H-pyrrole nitrogens is 1. The van der Waals surface area contributed by atoms with E-state index in [-0.39, 0.29) is 5.56 Å². The van der Waals surface area contributed by atoms with Gasteiger partial charge < -0.3 is 10.2 Å². The van der Waals surface area contributed by atoms with E-state index < -0.39 is 0 Å². The predicted octanol–water partition coefficient (Wildman–Crippen LogP) is 2.89. The van der Waals surface area contributed by atoms with Crippen LogP contribution in [-0.2, 0) is 12.8 Å². The summed E-state index contributed by atoms with van der Waals surface area (Å²) >= 11 is 0. The van der Waals surface area contributed by atoms with E-state index in [1.54, 1.807) is 12.4 Å². The highest BCUT2D eigenvalue weighted by molar-refractivity contribution is 5.36. The molecule has 0 bridgehead atoms. The summed E-state index contributed by atoms with van der Waals surface area (Å²) in [4.78, 5) is 25.8. The Labute approximate surface area is 159 Å². The lowest BCUT2D eigenvalue weighted by molar-refractivity contribution is 0.799. The van der Waals surface area contributed by atoms with Crippen LogP contribution in [0.2, 0.25) is 0 Å². The van der Waals surface area contributed by atoms with Gasteiger partial charge in [0, 0.05) is 38.1 Å². The van der Waals surface area contributed by atoms with Gasteiger partial charge in [-0.25, -0.2) is 9.97 Å². The predicted molar refractivity (Wildman–Crippen MR) is 109 cm³/mol. The van der Waals surface area contributed by atoms with E-state index in [9.17, 15) is 4.79 Å². The Hall–Kier alpha value is -3.15. The fraction of sp³-hybridized carbons (Fsp3) is 0.286. The maximum atomic E-state index is 12.2. The van der Waals surface area contributed by atoms with Crippen molar-refractivity contribution in [1.29, 1.82) is 0 Å². The molecule has 0 saturated heterocycles. The van der Waals surface area contributed by atoms with Crippen LogP contribution < -0.4 is 15.8 Å². The zero-order chi connectivity index (χ0) is 18.9. The summed E-state index contributed by atoms with van der Waals surface area (Å²) in [5.74, 6) is 1.47. The molecule has 0 aliphatic heterocycles. The van der Waals surface area contributed by atoms with E-state index in [4.69, 9.17) is 0 Å². The van der Waals surface area contributed by atoms with Gasteiger partial charge in [0.1, 0.15) is 5.82 Å². The normalized spacial score (nSPS) is 10.6. The second-order valence-electron chi connectivity index (χ2n) is 6.46. The van der Waals surface area contributed by atoms with Gasteiger partial charge in [0.05, 0.1) is 0 Å². The largest absolute Gasteiger partial charge is 0.360 e. The van der Waals surface area contributed by atoms with Gasteiger partial charge in [-0.15, -0.1) is 0 Å². The van der Waals surface area contributed by atoms with Crippen molar-refractivity contribution >= 4 is 11.8 Å². The van der Waals surface area contributed by atoms with Crippen molar-refractivity contribution in [1.82, 2.24) is 15.0 Å². The lowest BCUT2D eigenvalue weighted by Gasteiger charge is -2.17. The van der Waals surface area contributed by atoms with Gasteiger partial charge >= 0.3 is 0 Å². The van der Waals surface area contributed by atoms with Crippen LogP contribution in [0.15, 0.2) is 65.7 Å². The molecule has 6 nitrogen and oxygen atoms in total. The number of aromatic amines is 1. The molecular formula is C21H25N5O. The smallest absolute Gasteiger partial charge is 0.255 e. The summed E-state index contributed by atoms with van der Waals surface area (Å²) in [6, 6.07) is 16.0. The second kappa shape index (κ2) is 9.52. The molecule has 0 atom stereocenters. The molecule has 0 fully saturated rings. The minimum Gasteiger partial charge on any atom is -0.360 e. The molecule has 140 valence electrons. The highest BCUT2D eigenvalue weighted by Gasteiger charge is 2.04. The number of nitrogens with zero attached hydrogens (tertiary/aromatic N) is 3. The number of nitrogens with one attached hydrogen (secondary N) is 2. The third kappa shape index (κ3) is 5.67. The van der Waals surface area contributed by atoms with Crippen LogP contribution in [0.5, 0.6) is 0 Å². The average molecular weight is 363 g/mol. The van der Waals surface area contributed by atoms with Crippen LogP contribution in [0.25, 0.3) is 0 Å². The monoisotopic (exact) mass is 363 g/mol. The molecule has 0 amide bonds. The third-order valence-corrected chi connectivity index (χ3v) is 4.40. The molecule has 0 aliphatic carbocycles. The van der Waals surface area contributed by atoms with Crippen molar-refractivity contribution in [3.63, 3.8) is 0 Å². The molecular weight excluding hydrogens is 338 g/mol. The number of aromatic nitrogens is 3. The molecule has 2 aromatic heterocycles. The van der Waals surface area contributed by atoms with Crippen molar-refractivity contribution in [2.75, 3.05) is 30.4 Å². The van der Waals surface area contributed by atoms with E-state index in [0.29, 0.717) is 17.9 Å². The van der Waals surface area contributed by atoms with Crippen LogP contribution >= 0.6 is 0 Å². The Morgan fingerprint density at radius 1 is 1.04 bits per heavy atom. The van der Waals surface area contributed by atoms with E-state index in [0.717, 1.165) is 31.7 Å². The summed E-state index contributed by atoms with van der Waals surface area (Å²) in [5.41, 5.74) is 1.85. The first kappa shape index (κ1) is 18.6. The number of rotatable bonds is 9. The summed E-state index contributed by atoms with van der Waals surface area (Å²) in [7, 11) is 2.02. The van der Waals surface area contributed by atoms with Gasteiger partial charge in [0.15, 0.2) is 0 Å². The minimum atomic E-state index is -0.0750. The van der Waals surface area contributed by atoms with Crippen LogP contribution in [0, 0.1) is 0 Å². The van der Waals surface area contributed by atoms with Crippen LogP contribution in [0.1, 0.15) is 17.5 Å². The van der Waals surface area contributed by atoms with Gasteiger partial charge in [0.2, 0.25) is 5.95 Å². The van der Waals surface area contributed by atoms with Gasteiger partial charge in [-0.1, -0.05) is 36.4 Å². The van der Waals surface area contributed by atoms with E-state index in [1.165, 1.54) is 5.56 Å². The van der Waals surface area contributed by atoms with Gasteiger partial charge in [-0.05, 0) is 37.0 Å². The highest BCUT2D eigenvalue weighted by atomic mass is 16.1. The maximum absolute atomic E-state index is 12.2. The van der Waals surface area contributed by atoms with Crippen LogP contribution in [0.4, 0.5) is 11.8 Å². The minimum absolute atomic E-state index is 0.0750. The highest BCUT2D eigenvalue weighted by Crippen LogP contribution is 2.07. The zero-order valence-corrected chi connectivity index (χ0v) is 15.6. The molecule has 1 aromatic carbocycles. The summed E-state index contributed by atoms with van der Waals surface area (Å²) in [5, 5.41) is 3.18. The topological polar surface area (TPSA) is 73.9 Å². The summed E-state index contributed by atoms with van der Waals surface area (Å²) in [6.45, 7) is 1.59. The quantitative estimate of drug-likeness (QED) is 0.572. The first-order valence-electron chi connectivity index (χ1n) is 9.20. The van der Waals surface area contributed by atoms with Gasteiger partial charge in [0.25, 0.3) is 5.56 Å². The van der Waals surface area contributed by atoms with Crippen LogP contribution in [-0.4, -0.2) is 35.1 Å². The van der Waals surface area contributed by atoms with Crippen molar-refractivity contribution in [3.05, 3.63) is 82.4 Å². The third-order valence-electron chi connectivity index (χ3n) is 4.40. The number of hydrogen-bond donors (Lipinski definition) is 2. The van der Waals surface area contributed by atoms with Gasteiger partial charge in [-0.3, -0.25) is 9.78 Å². The fourth-order valence-electron chi connectivity index (χ4n) is 2.83. The van der Waals surface area contributed by atoms with E-state index >= 15 is 0 Å². The molecule has 2 N–H and O–H groups in total. The van der Waals surface area contributed by atoms with Gasteiger partial charge in [-0.2, -0.15) is 0 Å². The molecule has 27 heavy (non-hydrogen) atoms. The molecule has 0 saturated carbocycles. The Kier molecular flexibility index (Phi) is 6.57. The van der Waals surface area contributed by atoms with Crippen molar-refractivity contribution in [2.24, 2.45) is 0 Å². The molecule has 6 heteroatoms. The number of anilines is 2. The van der Waals surface area contributed by atoms with E-state index in [2.05, 4.69) is 37.3 Å². The first-order chi connectivity index (χ1) is 13.2. The lowest BCUT2D eigenvalue weighted by Crippen LogP contribution is -2.23. The number of hydrogen-bond acceptors (Lipinski definition) is 5. The Bertz CT molecular complexity index is 880. The molecule has 2 heterocycles. The zero-order valence-electron chi connectivity index (χ0n) is 15.6. The standard InChI is InChI=1S/C21H25N5O/c1-26(19-10-5-6-13-22-19)15-7-14-23-21-24-16-18(20(27)25-21)12-11-17-8-3-2-4-9-17/h2-6,8-10,13,16H,7,11-12,14-15H2,1H3,(H2,23,24,25,27). The Morgan fingerprint density at radius 3 is 2.59 bits per heavy atom. The number of pyridine rings is 1. The molecule has 3 aromatic rings. The number of aryl methyl sites for hydroxylation is 2. The first-order valence-corrected chi connectivity index (χ1v) is 9.20. The van der Waals surface area contributed by atoms with Crippen molar-refractivity contribution < 1.29 is 0 Å². The average Bonchev–Trinajstić information content (AvgIpc) is 2.72. The van der Waals surface area contributed by atoms with Crippen molar-refractivity contribution in [3.8, 4) is 0 Å². The Morgan fingerprint density at radius 2 is 1.85 bits per heavy atom. The molecule has 0 aliphatic rings. The fourth-order valence-corrected chi connectivity index (χ4v) is 2.83. The summed E-state index contributed by atoms with van der Waals surface area (Å²) < 4.78 is 0. The second-order valence-corrected chi connectivity index (χ2v) is 6.46. The summed E-state index contributed by atoms with van der Waals surface area (Å²) in [6.07, 6.45) is 5.88. The Balaban J connectivity index is 1.44. The van der Waals surface area contributed by atoms with E-state index in [1.807, 2.05) is 43.4 Å². The molecule has 3 rings (SSSR count). The van der Waals surface area contributed by atoms with Crippen molar-refractivity contribution in [2.45, 2.75) is 19.3 Å². The lowest BCUT2D eigenvalue weighted by atomic mass is 10.1. The molecule has 0 spiro atoms. The number of benzene rings is 1. The molecule has 0 radical (unpaired) electrons. The maximum Gasteiger partial charge on any atom is 0.255 e.